The third kappa shape index (κ3) is 8.21. The molecule has 0 fully saturated rings. The standard InChI is InChI=1S/C14H23N3O3S.ClH/c1-3-9-21(19,20)17-13-6-4-5-12(10-13)16-14(18)8-7-11(2)15;/h4-6,10-11,17H,3,7-9,15H2,1-2H3,(H,16,18);1H. The summed E-state index contributed by atoms with van der Waals surface area (Å²) in [7, 11) is -3.33. The quantitative estimate of drug-likeness (QED) is 0.670. The van der Waals surface area contributed by atoms with Crippen LogP contribution in [-0.2, 0) is 14.8 Å². The molecule has 0 aliphatic rings. The highest BCUT2D eigenvalue weighted by molar-refractivity contribution is 7.92. The molecule has 0 aliphatic heterocycles. The number of benzene rings is 1. The van der Waals surface area contributed by atoms with Crippen molar-refractivity contribution in [3.05, 3.63) is 24.3 Å². The van der Waals surface area contributed by atoms with Crippen LogP contribution in [0, 0.1) is 0 Å². The van der Waals surface area contributed by atoms with Gasteiger partial charge in [0.1, 0.15) is 0 Å². The molecule has 8 heteroatoms. The van der Waals surface area contributed by atoms with Crippen LogP contribution in [0.1, 0.15) is 33.1 Å². The zero-order valence-corrected chi connectivity index (χ0v) is 14.5. The topological polar surface area (TPSA) is 101 Å². The van der Waals surface area contributed by atoms with Crippen LogP contribution < -0.4 is 15.8 Å². The van der Waals surface area contributed by atoms with E-state index in [2.05, 4.69) is 10.0 Å². The van der Waals surface area contributed by atoms with Gasteiger partial charge in [-0.05, 0) is 38.0 Å². The minimum atomic E-state index is -3.33. The Bertz CT molecular complexity index is 576. The van der Waals surface area contributed by atoms with Crippen molar-refractivity contribution in [2.75, 3.05) is 15.8 Å². The molecule has 0 saturated carbocycles. The Kier molecular flexibility index (Phi) is 9.08. The van der Waals surface area contributed by atoms with Gasteiger partial charge in [-0.15, -0.1) is 12.4 Å². The van der Waals surface area contributed by atoms with E-state index in [-0.39, 0.29) is 30.1 Å². The molecular weight excluding hydrogens is 326 g/mol. The average molecular weight is 350 g/mol. The lowest BCUT2D eigenvalue weighted by atomic mass is 10.2. The van der Waals surface area contributed by atoms with Crippen LogP contribution in [0.2, 0.25) is 0 Å². The molecule has 1 aromatic rings. The molecule has 126 valence electrons. The molecule has 1 amide bonds. The van der Waals surface area contributed by atoms with Gasteiger partial charge in [0.2, 0.25) is 15.9 Å². The van der Waals surface area contributed by atoms with Crippen molar-refractivity contribution in [3.8, 4) is 0 Å². The summed E-state index contributed by atoms with van der Waals surface area (Å²) >= 11 is 0. The number of carbonyl (C=O) groups excluding carboxylic acids is 1. The first-order chi connectivity index (χ1) is 9.82. The van der Waals surface area contributed by atoms with Gasteiger partial charge in [-0.2, -0.15) is 0 Å². The SMILES string of the molecule is CCCS(=O)(=O)Nc1cccc(NC(=O)CCC(C)N)c1.Cl. The number of nitrogens with two attached hydrogens (primary N) is 1. The van der Waals surface area contributed by atoms with Crippen LogP contribution in [-0.4, -0.2) is 26.1 Å². The molecule has 1 rings (SSSR count). The summed E-state index contributed by atoms with van der Waals surface area (Å²) in [5.41, 5.74) is 6.59. The van der Waals surface area contributed by atoms with Gasteiger partial charge in [-0.3, -0.25) is 9.52 Å². The van der Waals surface area contributed by atoms with E-state index in [0.29, 0.717) is 30.6 Å². The third-order valence-corrected chi connectivity index (χ3v) is 4.21. The fraction of sp³-hybridized carbons (Fsp3) is 0.500. The molecule has 1 unspecified atom stereocenters. The summed E-state index contributed by atoms with van der Waals surface area (Å²) in [6, 6.07) is 6.61. The maximum absolute atomic E-state index is 11.7. The first kappa shape index (κ1) is 20.7. The fourth-order valence-electron chi connectivity index (χ4n) is 1.74. The van der Waals surface area contributed by atoms with Crippen molar-refractivity contribution in [3.63, 3.8) is 0 Å². The number of nitrogens with one attached hydrogen (secondary N) is 2. The zero-order chi connectivity index (χ0) is 15.9. The minimum absolute atomic E-state index is 0. The Morgan fingerprint density at radius 3 is 2.55 bits per heavy atom. The molecular formula is C14H24ClN3O3S. The van der Waals surface area contributed by atoms with Crippen molar-refractivity contribution in [2.24, 2.45) is 5.73 Å². The van der Waals surface area contributed by atoms with Crippen LogP contribution in [0.5, 0.6) is 0 Å². The molecule has 4 N–H and O–H groups in total. The van der Waals surface area contributed by atoms with Gasteiger partial charge in [0.05, 0.1) is 11.4 Å². The first-order valence-electron chi connectivity index (χ1n) is 6.98. The molecule has 6 nitrogen and oxygen atoms in total. The average Bonchev–Trinajstić information content (AvgIpc) is 2.36. The van der Waals surface area contributed by atoms with E-state index < -0.39 is 10.0 Å². The first-order valence-corrected chi connectivity index (χ1v) is 8.63. The second-order valence-electron chi connectivity index (χ2n) is 5.07. The van der Waals surface area contributed by atoms with Gasteiger partial charge in [-0.1, -0.05) is 13.0 Å². The number of rotatable bonds is 8. The van der Waals surface area contributed by atoms with Crippen molar-refractivity contribution < 1.29 is 13.2 Å². The van der Waals surface area contributed by atoms with E-state index in [1.165, 1.54) is 0 Å². The molecule has 1 atom stereocenters. The van der Waals surface area contributed by atoms with Gasteiger partial charge in [0.25, 0.3) is 0 Å². The molecule has 0 bridgehead atoms. The van der Waals surface area contributed by atoms with E-state index in [4.69, 9.17) is 5.73 Å². The zero-order valence-electron chi connectivity index (χ0n) is 12.8. The number of hydrogen-bond donors (Lipinski definition) is 3. The normalized spacial score (nSPS) is 12.1. The number of sulfonamides is 1. The molecule has 0 saturated heterocycles. The number of carbonyl (C=O) groups is 1. The van der Waals surface area contributed by atoms with Crippen LogP contribution in [0.15, 0.2) is 24.3 Å². The predicted octanol–water partition coefficient (Wildman–Crippen LogP) is 2.33. The van der Waals surface area contributed by atoms with Gasteiger partial charge >= 0.3 is 0 Å². The summed E-state index contributed by atoms with van der Waals surface area (Å²) < 4.78 is 25.9. The Balaban J connectivity index is 0.00000441. The summed E-state index contributed by atoms with van der Waals surface area (Å²) in [6.07, 6.45) is 1.49. The highest BCUT2D eigenvalue weighted by Crippen LogP contribution is 2.17. The van der Waals surface area contributed by atoms with E-state index >= 15 is 0 Å². The van der Waals surface area contributed by atoms with Crippen molar-refractivity contribution >= 4 is 39.7 Å². The second-order valence-corrected chi connectivity index (χ2v) is 6.91. The maximum atomic E-state index is 11.7. The summed E-state index contributed by atoms with van der Waals surface area (Å²) in [4.78, 5) is 11.7. The van der Waals surface area contributed by atoms with E-state index in [0.717, 1.165) is 0 Å². The monoisotopic (exact) mass is 349 g/mol. The maximum Gasteiger partial charge on any atom is 0.232 e. The molecule has 1 aromatic carbocycles. The van der Waals surface area contributed by atoms with Crippen molar-refractivity contribution in [1.82, 2.24) is 0 Å². The molecule has 0 heterocycles. The summed E-state index contributed by atoms with van der Waals surface area (Å²) in [6.45, 7) is 3.64. The molecule has 0 radical (unpaired) electrons. The number of anilines is 2. The summed E-state index contributed by atoms with van der Waals surface area (Å²) in [5.74, 6) is -0.0707. The Morgan fingerprint density at radius 2 is 1.95 bits per heavy atom. The van der Waals surface area contributed by atoms with E-state index in [1.807, 2.05) is 6.92 Å². The summed E-state index contributed by atoms with van der Waals surface area (Å²) in [5, 5.41) is 2.73. The fourth-order valence-corrected chi connectivity index (χ4v) is 2.87. The lowest BCUT2D eigenvalue weighted by molar-refractivity contribution is -0.116. The molecule has 22 heavy (non-hydrogen) atoms. The number of hydrogen-bond acceptors (Lipinski definition) is 4. The number of amides is 1. The van der Waals surface area contributed by atoms with Crippen LogP contribution in [0.25, 0.3) is 0 Å². The molecule has 0 aromatic heterocycles. The number of halogens is 1. The van der Waals surface area contributed by atoms with Crippen LogP contribution >= 0.6 is 12.4 Å². The third-order valence-electron chi connectivity index (χ3n) is 2.72. The van der Waals surface area contributed by atoms with Crippen molar-refractivity contribution in [2.45, 2.75) is 39.2 Å². The van der Waals surface area contributed by atoms with Gasteiger partial charge in [0, 0.05) is 18.2 Å². The smallest absolute Gasteiger partial charge is 0.232 e. The van der Waals surface area contributed by atoms with Gasteiger partial charge in [-0.25, -0.2) is 8.42 Å². The van der Waals surface area contributed by atoms with E-state index in [1.54, 1.807) is 31.2 Å². The Hall–Kier alpha value is -1.31. The van der Waals surface area contributed by atoms with Gasteiger partial charge < -0.3 is 11.1 Å². The molecule has 0 spiro atoms. The van der Waals surface area contributed by atoms with Gasteiger partial charge in [0.15, 0.2) is 0 Å². The lowest BCUT2D eigenvalue weighted by Crippen LogP contribution is -2.19. The van der Waals surface area contributed by atoms with Crippen LogP contribution in [0.4, 0.5) is 11.4 Å². The van der Waals surface area contributed by atoms with E-state index in [9.17, 15) is 13.2 Å². The Labute approximate surface area is 138 Å². The highest BCUT2D eigenvalue weighted by Gasteiger charge is 2.09. The largest absolute Gasteiger partial charge is 0.328 e. The highest BCUT2D eigenvalue weighted by atomic mass is 35.5. The second kappa shape index (κ2) is 9.66. The molecule has 0 aliphatic carbocycles. The van der Waals surface area contributed by atoms with Crippen molar-refractivity contribution in [1.29, 1.82) is 0 Å². The predicted molar refractivity (Wildman–Crippen MR) is 92.9 cm³/mol. The minimum Gasteiger partial charge on any atom is -0.328 e. The Morgan fingerprint density at radius 1 is 1.32 bits per heavy atom. The lowest BCUT2D eigenvalue weighted by Gasteiger charge is -2.10. The van der Waals surface area contributed by atoms with Crippen LogP contribution in [0.3, 0.4) is 0 Å².